The van der Waals surface area contributed by atoms with Crippen molar-refractivity contribution in [1.29, 1.82) is 0 Å². The van der Waals surface area contributed by atoms with Gasteiger partial charge in [0.15, 0.2) is 0 Å². The monoisotopic (exact) mass is 244 g/mol. The normalized spacial score (nSPS) is 44.6. The summed E-state index contributed by atoms with van der Waals surface area (Å²) in [5.41, 5.74) is 0. The third-order valence-corrected chi connectivity index (χ3v) is 3.54. The Hall–Kier alpha value is -0.200. The minimum atomic E-state index is -0.513. The fourth-order valence-corrected chi connectivity index (χ4v) is 2.26. The summed E-state index contributed by atoms with van der Waals surface area (Å²) >= 11 is 0. The number of epoxide rings is 2. The van der Waals surface area contributed by atoms with Gasteiger partial charge < -0.3 is 24.1 Å². The van der Waals surface area contributed by atoms with Crippen LogP contribution in [0.3, 0.4) is 0 Å². The van der Waals surface area contributed by atoms with Crippen LogP contribution in [0.25, 0.3) is 0 Å². The molecule has 2 aliphatic heterocycles. The minimum Gasteiger partial charge on any atom is -0.388 e. The summed E-state index contributed by atoms with van der Waals surface area (Å²) in [5.74, 6) is 0. The average molecular weight is 244 g/mol. The van der Waals surface area contributed by atoms with E-state index in [0.717, 1.165) is 32.5 Å². The molecule has 5 heteroatoms. The zero-order chi connectivity index (χ0) is 11.7. The number of hydrogen-bond donors (Lipinski definition) is 1. The molecule has 3 fully saturated rings. The van der Waals surface area contributed by atoms with Gasteiger partial charge in [-0.1, -0.05) is 0 Å². The van der Waals surface area contributed by atoms with Crippen molar-refractivity contribution in [3.8, 4) is 0 Å². The first kappa shape index (κ1) is 11.9. The van der Waals surface area contributed by atoms with E-state index in [2.05, 4.69) is 0 Å². The van der Waals surface area contributed by atoms with Gasteiger partial charge in [-0.15, -0.1) is 0 Å². The van der Waals surface area contributed by atoms with Crippen LogP contribution in [-0.2, 0) is 18.9 Å². The Morgan fingerprint density at radius 1 is 0.941 bits per heavy atom. The Morgan fingerprint density at radius 3 is 1.82 bits per heavy atom. The van der Waals surface area contributed by atoms with E-state index in [-0.39, 0.29) is 24.4 Å². The summed E-state index contributed by atoms with van der Waals surface area (Å²) in [6.07, 6.45) is 2.66. The highest BCUT2D eigenvalue weighted by Crippen LogP contribution is 2.26. The summed E-state index contributed by atoms with van der Waals surface area (Å²) in [6.45, 7) is 2.78. The molecule has 1 aliphatic carbocycles. The van der Waals surface area contributed by atoms with Crippen molar-refractivity contribution < 1.29 is 24.1 Å². The van der Waals surface area contributed by atoms with Crippen LogP contribution in [0.15, 0.2) is 0 Å². The molecule has 0 aromatic rings. The highest BCUT2D eigenvalue weighted by atomic mass is 16.6. The van der Waals surface area contributed by atoms with Crippen LogP contribution in [0, 0.1) is 0 Å². The van der Waals surface area contributed by atoms with Crippen molar-refractivity contribution in [1.82, 2.24) is 0 Å². The van der Waals surface area contributed by atoms with E-state index in [4.69, 9.17) is 18.9 Å². The number of hydrogen-bond acceptors (Lipinski definition) is 5. The molecule has 4 unspecified atom stereocenters. The molecule has 3 rings (SSSR count). The van der Waals surface area contributed by atoms with Crippen molar-refractivity contribution in [2.24, 2.45) is 0 Å². The Morgan fingerprint density at radius 2 is 1.41 bits per heavy atom. The van der Waals surface area contributed by atoms with Gasteiger partial charge in [-0.05, 0) is 19.3 Å². The Bertz CT molecular complexity index is 227. The van der Waals surface area contributed by atoms with Gasteiger partial charge in [0, 0.05) is 0 Å². The summed E-state index contributed by atoms with van der Waals surface area (Å²) in [7, 11) is 0. The van der Waals surface area contributed by atoms with Crippen LogP contribution in [0.5, 0.6) is 0 Å². The van der Waals surface area contributed by atoms with E-state index in [1.54, 1.807) is 0 Å². The molecule has 0 amide bonds. The van der Waals surface area contributed by atoms with E-state index in [9.17, 15) is 5.11 Å². The second-order valence-electron chi connectivity index (χ2n) is 5.08. The molecule has 0 bridgehead atoms. The summed E-state index contributed by atoms with van der Waals surface area (Å²) in [6, 6.07) is 0. The molecule has 17 heavy (non-hydrogen) atoms. The number of ether oxygens (including phenoxy) is 4. The number of aliphatic hydroxyl groups is 1. The number of aliphatic hydroxyl groups excluding tert-OH is 1. The smallest absolute Gasteiger partial charge is 0.106 e. The van der Waals surface area contributed by atoms with E-state index in [0.29, 0.717) is 13.2 Å². The second-order valence-corrected chi connectivity index (χ2v) is 5.08. The molecule has 2 saturated heterocycles. The third-order valence-electron chi connectivity index (χ3n) is 3.54. The zero-order valence-corrected chi connectivity index (χ0v) is 9.92. The molecule has 0 radical (unpaired) electrons. The zero-order valence-electron chi connectivity index (χ0n) is 9.92. The molecule has 98 valence electrons. The maximum absolute atomic E-state index is 10.2. The van der Waals surface area contributed by atoms with Gasteiger partial charge in [0.2, 0.25) is 0 Å². The van der Waals surface area contributed by atoms with Crippen LogP contribution in [0.4, 0.5) is 0 Å². The van der Waals surface area contributed by atoms with Crippen LogP contribution in [0.2, 0.25) is 0 Å². The molecule has 1 saturated carbocycles. The van der Waals surface area contributed by atoms with Crippen molar-refractivity contribution in [3.63, 3.8) is 0 Å². The lowest BCUT2D eigenvalue weighted by molar-refractivity contribution is -0.136. The Labute approximate surface area is 101 Å². The molecule has 5 nitrogen and oxygen atoms in total. The second kappa shape index (κ2) is 5.20. The largest absolute Gasteiger partial charge is 0.388 e. The first-order valence-corrected chi connectivity index (χ1v) is 6.47. The highest BCUT2D eigenvalue weighted by Gasteiger charge is 2.36. The topological polar surface area (TPSA) is 63.8 Å². The quantitative estimate of drug-likeness (QED) is 0.671. The predicted molar refractivity (Wildman–Crippen MR) is 58.8 cm³/mol. The standard InChI is InChI=1S/C12H20O5/c13-12-10(16-6-8-4-14-8)2-1-3-11(12)17-7-9-5-15-9/h8-13H,1-7H2. The van der Waals surface area contributed by atoms with Crippen molar-refractivity contribution >= 4 is 0 Å². The van der Waals surface area contributed by atoms with E-state index >= 15 is 0 Å². The fraction of sp³-hybridized carbons (Fsp3) is 1.00. The van der Waals surface area contributed by atoms with Crippen LogP contribution < -0.4 is 0 Å². The molecule has 4 atom stereocenters. The van der Waals surface area contributed by atoms with Crippen molar-refractivity contribution in [2.75, 3.05) is 26.4 Å². The molecule has 0 spiro atoms. The molecule has 2 heterocycles. The van der Waals surface area contributed by atoms with Gasteiger partial charge in [-0.25, -0.2) is 0 Å². The van der Waals surface area contributed by atoms with Gasteiger partial charge in [0.05, 0.1) is 38.6 Å². The molecule has 0 aromatic heterocycles. The fourth-order valence-electron chi connectivity index (χ4n) is 2.26. The van der Waals surface area contributed by atoms with Crippen molar-refractivity contribution in [3.05, 3.63) is 0 Å². The molecule has 0 aromatic carbocycles. The third kappa shape index (κ3) is 3.39. The van der Waals surface area contributed by atoms with Gasteiger partial charge >= 0.3 is 0 Å². The lowest BCUT2D eigenvalue weighted by atomic mass is 9.92. The van der Waals surface area contributed by atoms with Crippen LogP contribution in [-0.4, -0.2) is 62.1 Å². The van der Waals surface area contributed by atoms with Gasteiger partial charge in [0.25, 0.3) is 0 Å². The van der Waals surface area contributed by atoms with E-state index < -0.39 is 6.10 Å². The molecule has 3 aliphatic rings. The van der Waals surface area contributed by atoms with Crippen molar-refractivity contribution in [2.45, 2.75) is 49.8 Å². The lowest BCUT2D eigenvalue weighted by Gasteiger charge is -2.34. The minimum absolute atomic E-state index is 0.0990. The van der Waals surface area contributed by atoms with Crippen LogP contribution in [0.1, 0.15) is 19.3 Å². The lowest BCUT2D eigenvalue weighted by Crippen LogP contribution is -2.45. The summed E-state index contributed by atoms with van der Waals surface area (Å²) in [4.78, 5) is 0. The van der Waals surface area contributed by atoms with Gasteiger partial charge in [-0.3, -0.25) is 0 Å². The highest BCUT2D eigenvalue weighted by molar-refractivity contribution is 4.85. The Balaban J connectivity index is 1.42. The molecular weight excluding hydrogens is 224 g/mol. The molecular formula is C12H20O5. The first-order valence-electron chi connectivity index (χ1n) is 6.47. The van der Waals surface area contributed by atoms with Gasteiger partial charge in [0.1, 0.15) is 18.3 Å². The van der Waals surface area contributed by atoms with Gasteiger partial charge in [-0.2, -0.15) is 0 Å². The first-order chi connectivity index (χ1) is 8.33. The Kier molecular flexibility index (Phi) is 3.63. The summed E-state index contributed by atoms with van der Waals surface area (Å²) in [5, 5.41) is 10.2. The van der Waals surface area contributed by atoms with E-state index in [1.165, 1.54) is 0 Å². The maximum atomic E-state index is 10.2. The van der Waals surface area contributed by atoms with Crippen LogP contribution >= 0.6 is 0 Å². The number of rotatable bonds is 6. The maximum Gasteiger partial charge on any atom is 0.106 e. The summed E-state index contributed by atoms with van der Waals surface area (Å²) < 4.78 is 21.6. The molecule has 1 N–H and O–H groups in total. The SMILES string of the molecule is OC1C(OCC2CO2)CCCC1OCC1CO1. The predicted octanol–water partition coefficient (Wildman–Crippen LogP) is 0.0992. The van der Waals surface area contributed by atoms with E-state index in [1.807, 2.05) is 0 Å². The average Bonchev–Trinajstić information content (AvgIpc) is 3.20.